The van der Waals surface area contributed by atoms with Gasteiger partial charge in [0.05, 0.1) is 12.1 Å². The molecule has 0 bridgehead atoms. The molecule has 3 heteroatoms. The summed E-state index contributed by atoms with van der Waals surface area (Å²) in [4.78, 5) is 0. The van der Waals surface area contributed by atoms with Crippen LogP contribution in [-0.4, -0.2) is 19.3 Å². The Morgan fingerprint density at radius 2 is 2.06 bits per heavy atom. The Labute approximate surface area is 116 Å². The van der Waals surface area contributed by atoms with Crippen LogP contribution in [0.5, 0.6) is 0 Å². The third-order valence-electron chi connectivity index (χ3n) is 3.02. The molecule has 1 aromatic heterocycles. The van der Waals surface area contributed by atoms with E-state index in [1.165, 1.54) is 5.56 Å². The van der Waals surface area contributed by atoms with Crippen LogP contribution in [0.1, 0.15) is 52.6 Å². The van der Waals surface area contributed by atoms with Crippen molar-refractivity contribution in [3.05, 3.63) is 22.4 Å². The monoisotopic (exact) mass is 269 g/mol. The van der Waals surface area contributed by atoms with Gasteiger partial charge < -0.3 is 10.1 Å². The van der Waals surface area contributed by atoms with Crippen LogP contribution >= 0.6 is 11.3 Å². The van der Waals surface area contributed by atoms with E-state index in [1.807, 2.05) is 0 Å². The summed E-state index contributed by atoms with van der Waals surface area (Å²) >= 11 is 1.75. The molecule has 2 atom stereocenters. The molecule has 0 saturated heterocycles. The van der Waals surface area contributed by atoms with Gasteiger partial charge in [-0.15, -0.1) is 0 Å². The van der Waals surface area contributed by atoms with Crippen molar-refractivity contribution in [2.24, 2.45) is 5.41 Å². The lowest BCUT2D eigenvalue weighted by Gasteiger charge is -2.37. The Bertz CT molecular complexity index is 316. The third kappa shape index (κ3) is 4.38. The molecule has 18 heavy (non-hydrogen) atoms. The van der Waals surface area contributed by atoms with Crippen LogP contribution in [0.4, 0.5) is 0 Å². The number of hydrogen-bond acceptors (Lipinski definition) is 3. The maximum Gasteiger partial charge on any atom is 0.0817 e. The van der Waals surface area contributed by atoms with E-state index in [0.29, 0.717) is 0 Å². The molecule has 0 aromatic carbocycles. The summed E-state index contributed by atoms with van der Waals surface area (Å²) in [6.45, 7) is 12.8. The highest BCUT2D eigenvalue weighted by molar-refractivity contribution is 7.07. The number of nitrogens with one attached hydrogen (secondary N) is 1. The van der Waals surface area contributed by atoms with Crippen molar-refractivity contribution in [1.82, 2.24) is 5.32 Å². The molecule has 0 aliphatic carbocycles. The summed E-state index contributed by atoms with van der Waals surface area (Å²) in [6.07, 6.45) is 1.34. The van der Waals surface area contributed by atoms with Crippen LogP contribution in [0.3, 0.4) is 0 Å². The minimum atomic E-state index is 0.128. The van der Waals surface area contributed by atoms with Gasteiger partial charge >= 0.3 is 0 Å². The smallest absolute Gasteiger partial charge is 0.0817 e. The Morgan fingerprint density at radius 3 is 2.50 bits per heavy atom. The Morgan fingerprint density at radius 1 is 1.33 bits per heavy atom. The highest BCUT2D eigenvalue weighted by Crippen LogP contribution is 2.33. The zero-order chi connectivity index (χ0) is 13.6. The van der Waals surface area contributed by atoms with Gasteiger partial charge in [0.1, 0.15) is 0 Å². The van der Waals surface area contributed by atoms with Crippen LogP contribution in [0.15, 0.2) is 16.8 Å². The van der Waals surface area contributed by atoms with Crippen molar-refractivity contribution in [3.8, 4) is 0 Å². The molecule has 0 fully saturated rings. The minimum Gasteiger partial charge on any atom is -0.376 e. The predicted octanol–water partition coefficient (Wildman–Crippen LogP) is 4.24. The van der Waals surface area contributed by atoms with Gasteiger partial charge in [-0.2, -0.15) is 11.3 Å². The summed E-state index contributed by atoms with van der Waals surface area (Å²) in [5.41, 5.74) is 1.48. The van der Waals surface area contributed by atoms with Gasteiger partial charge in [0.2, 0.25) is 0 Å². The van der Waals surface area contributed by atoms with Gasteiger partial charge in [0, 0.05) is 6.61 Å². The summed E-state index contributed by atoms with van der Waals surface area (Å²) in [5.74, 6) is 0. The number of ether oxygens (including phenoxy) is 1. The molecule has 1 rings (SSSR count). The highest BCUT2D eigenvalue weighted by atomic mass is 32.1. The molecular weight excluding hydrogens is 242 g/mol. The van der Waals surface area contributed by atoms with Gasteiger partial charge in [-0.25, -0.2) is 0 Å². The maximum atomic E-state index is 6.03. The van der Waals surface area contributed by atoms with Crippen LogP contribution < -0.4 is 5.32 Å². The Hall–Kier alpha value is -0.380. The molecule has 0 saturated carbocycles. The molecule has 1 N–H and O–H groups in total. The van der Waals surface area contributed by atoms with Crippen molar-refractivity contribution in [2.75, 3.05) is 13.2 Å². The molecule has 1 heterocycles. The fourth-order valence-electron chi connectivity index (χ4n) is 2.18. The second kappa shape index (κ2) is 7.27. The van der Waals surface area contributed by atoms with E-state index in [0.717, 1.165) is 19.6 Å². The van der Waals surface area contributed by atoms with E-state index in [-0.39, 0.29) is 17.6 Å². The fraction of sp³-hybridized carbons (Fsp3) is 0.733. The molecule has 1 aromatic rings. The van der Waals surface area contributed by atoms with Crippen LogP contribution in [0, 0.1) is 5.41 Å². The quantitative estimate of drug-likeness (QED) is 0.799. The van der Waals surface area contributed by atoms with Gasteiger partial charge in [-0.1, -0.05) is 27.7 Å². The predicted molar refractivity (Wildman–Crippen MR) is 80.2 cm³/mol. The SMILES string of the molecule is CCCNC(c1ccsc1)C(OCC)C(C)(C)C. The fourth-order valence-corrected chi connectivity index (χ4v) is 2.87. The highest BCUT2D eigenvalue weighted by Gasteiger charge is 2.33. The zero-order valence-corrected chi connectivity index (χ0v) is 13.1. The molecule has 104 valence electrons. The first kappa shape index (κ1) is 15.7. The summed E-state index contributed by atoms with van der Waals surface area (Å²) < 4.78 is 6.03. The molecule has 0 aliphatic rings. The molecule has 2 unspecified atom stereocenters. The van der Waals surface area contributed by atoms with E-state index in [2.05, 4.69) is 56.8 Å². The lowest BCUT2D eigenvalue weighted by atomic mass is 9.82. The first-order valence-corrected chi connectivity index (χ1v) is 7.82. The van der Waals surface area contributed by atoms with Gasteiger partial charge in [-0.05, 0) is 47.7 Å². The van der Waals surface area contributed by atoms with Gasteiger partial charge in [0.25, 0.3) is 0 Å². The van der Waals surface area contributed by atoms with E-state index in [4.69, 9.17) is 4.74 Å². The van der Waals surface area contributed by atoms with Crippen molar-refractivity contribution in [1.29, 1.82) is 0 Å². The Balaban J connectivity index is 2.91. The van der Waals surface area contributed by atoms with Gasteiger partial charge in [0.15, 0.2) is 0 Å². The van der Waals surface area contributed by atoms with Crippen molar-refractivity contribution in [2.45, 2.75) is 53.2 Å². The molecular formula is C15H27NOS. The summed E-state index contributed by atoms with van der Waals surface area (Å²) in [5, 5.41) is 8.01. The lowest BCUT2D eigenvalue weighted by Crippen LogP contribution is -2.42. The van der Waals surface area contributed by atoms with Crippen molar-refractivity contribution < 1.29 is 4.74 Å². The first-order valence-electron chi connectivity index (χ1n) is 6.87. The third-order valence-corrected chi connectivity index (χ3v) is 3.72. The largest absolute Gasteiger partial charge is 0.376 e. The van der Waals surface area contributed by atoms with Gasteiger partial charge in [-0.3, -0.25) is 0 Å². The average Bonchev–Trinajstić information content (AvgIpc) is 2.80. The number of hydrogen-bond donors (Lipinski definition) is 1. The Kier molecular flexibility index (Phi) is 6.33. The normalized spacial score (nSPS) is 15.6. The first-order chi connectivity index (χ1) is 8.50. The molecule has 0 aliphatic heterocycles. The number of thiophene rings is 1. The second-order valence-corrected chi connectivity index (χ2v) is 6.51. The maximum absolute atomic E-state index is 6.03. The summed E-state index contributed by atoms with van der Waals surface area (Å²) in [7, 11) is 0. The van der Waals surface area contributed by atoms with E-state index >= 15 is 0 Å². The lowest BCUT2D eigenvalue weighted by molar-refractivity contribution is -0.0364. The van der Waals surface area contributed by atoms with Crippen molar-refractivity contribution in [3.63, 3.8) is 0 Å². The number of rotatable bonds is 7. The summed E-state index contributed by atoms with van der Waals surface area (Å²) in [6, 6.07) is 2.49. The van der Waals surface area contributed by atoms with Crippen molar-refractivity contribution >= 4 is 11.3 Å². The van der Waals surface area contributed by atoms with E-state index in [1.54, 1.807) is 11.3 Å². The average molecular weight is 269 g/mol. The van der Waals surface area contributed by atoms with E-state index < -0.39 is 0 Å². The minimum absolute atomic E-state index is 0.128. The van der Waals surface area contributed by atoms with E-state index in [9.17, 15) is 0 Å². The standard InChI is InChI=1S/C15H27NOS/c1-6-9-16-13(12-8-10-18-11-12)14(17-7-2)15(3,4)5/h8,10-11,13-14,16H,6-7,9H2,1-5H3. The second-order valence-electron chi connectivity index (χ2n) is 5.73. The van der Waals surface area contributed by atoms with Crippen LogP contribution in [0.25, 0.3) is 0 Å². The zero-order valence-electron chi connectivity index (χ0n) is 12.3. The van der Waals surface area contributed by atoms with Crippen LogP contribution in [-0.2, 0) is 4.74 Å². The molecule has 0 amide bonds. The molecule has 2 nitrogen and oxygen atoms in total. The van der Waals surface area contributed by atoms with Crippen LogP contribution in [0.2, 0.25) is 0 Å². The topological polar surface area (TPSA) is 21.3 Å². The molecule has 0 spiro atoms. The molecule has 0 radical (unpaired) electrons.